The van der Waals surface area contributed by atoms with Crippen molar-refractivity contribution >= 4 is 41.5 Å². The minimum Gasteiger partial charge on any atom is -0.214 e. The fourth-order valence-electron chi connectivity index (χ4n) is 0.849. The third-order valence-electron chi connectivity index (χ3n) is 1.31. The topological polar surface area (TPSA) is 0 Å². The van der Waals surface area contributed by atoms with Crippen LogP contribution in [0.25, 0.3) is 0 Å². The summed E-state index contributed by atoms with van der Waals surface area (Å²) in [6, 6.07) is 10.4. The Morgan fingerprint density at radius 1 is 1.08 bits per heavy atom. The van der Waals surface area contributed by atoms with Gasteiger partial charge in [0.2, 0.25) is 0 Å². The van der Waals surface area contributed by atoms with Crippen molar-refractivity contribution in [2.75, 3.05) is 0 Å². The molecule has 1 aromatic carbocycles. The molecule has 0 nitrogen and oxygen atoms in total. The molecule has 0 atom stereocenters. The van der Waals surface area contributed by atoms with Gasteiger partial charge >= 0.3 is 11.4 Å². The van der Waals surface area contributed by atoms with Crippen LogP contribution in [0.1, 0.15) is 12.0 Å². The molecule has 0 fully saturated rings. The molecule has 0 saturated carbocycles. The Morgan fingerprint density at radius 2 is 1.54 bits per heavy atom. The highest BCUT2D eigenvalue weighted by Crippen LogP contribution is 2.00. The van der Waals surface area contributed by atoms with Gasteiger partial charge in [0.15, 0.2) is 0 Å². The minimum absolute atomic E-state index is 0.990. The van der Waals surface area contributed by atoms with Gasteiger partial charge in [0, 0.05) is 0 Å². The van der Waals surface area contributed by atoms with Gasteiger partial charge in [-0.05, 0) is 18.4 Å². The van der Waals surface area contributed by atoms with E-state index in [9.17, 15) is 0 Å². The minimum atomic E-state index is -1.72. The molecule has 0 spiro atoms. The first-order valence-electron chi connectivity index (χ1n) is 3.92. The lowest BCUT2D eigenvalue weighted by molar-refractivity contribution is 1.000. The molecular weight excluding hydrogens is 241 g/mol. The Labute approximate surface area is 96.8 Å². The second kappa shape index (κ2) is 9.19. The summed E-state index contributed by atoms with van der Waals surface area (Å²) in [5, 5.41) is 0. The second-order valence-corrected chi connectivity index (χ2v) is 8.77. The first-order valence-corrected chi connectivity index (χ1v) is 9.16. The van der Waals surface area contributed by atoms with Gasteiger partial charge < -0.3 is 0 Å². The number of aryl methyl sites for hydroxylation is 1. The summed E-state index contributed by atoms with van der Waals surface area (Å²) in [6.45, 7) is 3.78. The van der Waals surface area contributed by atoms with Gasteiger partial charge in [-0.2, -0.15) is 0 Å². The van der Waals surface area contributed by atoms with Crippen LogP contribution in [0.4, 0.5) is 0 Å². The zero-order valence-corrected chi connectivity index (χ0v) is 10.6. The molecule has 0 unspecified atom stereocenters. The second-order valence-electron chi connectivity index (χ2n) is 2.34. The molecule has 0 aromatic heterocycles. The highest BCUT2D eigenvalue weighted by Gasteiger charge is 2.00. The van der Waals surface area contributed by atoms with Crippen LogP contribution in [0.3, 0.4) is 0 Å². The molecule has 0 aliphatic carbocycles. The average Bonchev–Trinajstić information content (AvgIpc) is 2.06. The predicted octanol–water partition coefficient (Wildman–Crippen LogP) is 4.14. The molecule has 71 valence electrons. The van der Waals surface area contributed by atoms with Crippen molar-refractivity contribution in [2.24, 2.45) is 0 Å². The van der Waals surface area contributed by atoms with Gasteiger partial charge in [-0.1, -0.05) is 37.3 Å². The quantitative estimate of drug-likeness (QED) is 0.694. The molecule has 0 heterocycles. The highest BCUT2D eigenvalue weighted by molar-refractivity contribution is 7.54. The molecule has 0 aliphatic heterocycles. The summed E-state index contributed by atoms with van der Waals surface area (Å²) >= 11 is -1.72. The SMILES string of the molecule is [CH2]CCc1ccccc1.[Cl][Al]([Cl])[Cl]. The van der Waals surface area contributed by atoms with Crippen LogP contribution in [0.5, 0.6) is 0 Å². The van der Waals surface area contributed by atoms with E-state index < -0.39 is 11.4 Å². The van der Waals surface area contributed by atoms with E-state index in [1.807, 2.05) is 6.07 Å². The number of rotatable bonds is 2. The van der Waals surface area contributed by atoms with E-state index in [1.54, 1.807) is 0 Å². The van der Waals surface area contributed by atoms with E-state index in [0.29, 0.717) is 0 Å². The zero-order chi connectivity index (χ0) is 10.1. The molecule has 0 amide bonds. The summed E-state index contributed by atoms with van der Waals surface area (Å²) < 4.78 is 0. The van der Waals surface area contributed by atoms with Crippen LogP contribution in [-0.2, 0) is 6.42 Å². The van der Waals surface area contributed by atoms with Crippen LogP contribution in [-0.4, -0.2) is 11.4 Å². The smallest absolute Gasteiger partial charge is 0.214 e. The molecule has 0 aliphatic rings. The normalized spacial score (nSPS) is 8.62. The van der Waals surface area contributed by atoms with Gasteiger partial charge in [-0.3, -0.25) is 0 Å². The summed E-state index contributed by atoms with van der Waals surface area (Å²) in [5.41, 5.74) is 1.38. The van der Waals surface area contributed by atoms with Crippen LogP contribution in [0.15, 0.2) is 30.3 Å². The van der Waals surface area contributed by atoms with E-state index in [0.717, 1.165) is 12.8 Å². The largest absolute Gasteiger partial charge is 0.643 e. The Morgan fingerprint density at radius 3 is 1.92 bits per heavy atom. The number of hydrogen-bond acceptors (Lipinski definition) is 0. The standard InChI is InChI=1S/C9H11.Al.3ClH/c1-2-6-9-7-4-3-5-8-9;;;;/h3-5,7-8H,1-2,6H2;;3*1H/q;+3;;;/p-3. The fourth-order valence-corrected chi connectivity index (χ4v) is 0.849. The van der Waals surface area contributed by atoms with E-state index in [4.69, 9.17) is 30.1 Å². The molecule has 0 saturated heterocycles. The van der Waals surface area contributed by atoms with Gasteiger partial charge in [-0.15, -0.1) is 0 Å². The lowest BCUT2D eigenvalue weighted by Gasteiger charge is -1.93. The number of benzene rings is 1. The average molecular weight is 253 g/mol. The molecule has 1 rings (SSSR count). The zero-order valence-electron chi connectivity index (χ0n) is 7.22. The van der Waals surface area contributed by atoms with Gasteiger partial charge in [0.1, 0.15) is 0 Å². The Hall–Kier alpha value is 0.622. The maximum atomic E-state index is 4.94. The van der Waals surface area contributed by atoms with Gasteiger partial charge in [0.05, 0.1) is 0 Å². The van der Waals surface area contributed by atoms with Crippen molar-refractivity contribution < 1.29 is 0 Å². The van der Waals surface area contributed by atoms with Crippen molar-refractivity contribution in [1.82, 2.24) is 0 Å². The summed E-state index contributed by atoms with van der Waals surface area (Å²) in [4.78, 5) is 0. The fraction of sp³-hybridized carbons (Fsp3) is 0.222. The van der Waals surface area contributed by atoms with Crippen molar-refractivity contribution in [2.45, 2.75) is 12.8 Å². The molecular formula is C9H11AlCl3. The van der Waals surface area contributed by atoms with Gasteiger partial charge in [-0.25, -0.2) is 30.1 Å². The Kier molecular flexibility index (Phi) is 9.63. The molecule has 1 radical (unpaired) electrons. The molecule has 13 heavy (non-hydrogen) atoms. The predicted molar refractivity (Wildman–Crippen MR) is 63.4 cm³/mol. The first kappa shape index (κ1) is 13.6. The van der Waals surface area contributed by atoms with Crippen LogP contribution >= 0.6 is 30.1 Å². The Bertz CT molecular complexity index is 199. The van der Waals surface area contributed by atoms with E-state index in [2.05, 4.69) is 31.2 Å². The number of halogens is 3. The summed E-state index contributed by atoms with van der Waals surface area (Å²) in [6.07, 6.45) is 2.09. The maximum absolute atomic E-state index is 4.94. The van der Waals surface area contributed by atoms with Crippen molar-refractivity contribution in [1.29, 1.82) is 0 Å². The van der Waals surface area contributed by atoms with Crippen molar-refractivity contribution in [3.63, 3.8) is 0 Å². The molecule has 0 N–H and O–H groups in total. The Balaban J connectivity index is 0.000000310. The lowest BCUT2D eigenvalue weighted by Crippen LogP contribution is -1.79. The third kappa shape index (κ3) is 10.5. The van der Waals surface area contributed by atoms with E-state index >= 15 is 0 Å². The molecule has 4 heteroatoms. The maximum Gasteiger partial charge on any atom is 0.643 e. The highest BCUT2D eigenvalue weighted by atomic mass is 35.8. The first-order chi connectivity index (χ1) is 6.16. The molecule has 0 bridgehead atoms. The van der Waals surface area contributed by atoms with Crippen LogP contribution in [0.2, 0.25) is 0 Å². The van der Waals surface area contributed by atoms with Crippen molar-refractivity contribution in [3.05, 3.63) is 42.8 Å². The summed E-state index contributed by atoms with van der Waals surface area (Å²) in [7, 11) is 14.8. The third-order valence-corrected chi connectivity index (χ3v) is 1.31. The van der Waals surface area contributed by atoms with Gasteiger partial charge in [0.25, 0.3) is 0 Å². The lowest BCUT2D eigenvalue weighted by atomic mass is 10.1. The van der Waals surface area contributed by atoms with Crippen LogP contribution < -0.4 is 0 Å². The van der Waals surface area contributed by atoms with Crippen molar-refractivity contribution in [3.8, 4) is 0 Å². The number of hydrogen-bond donors (Lipinski definition) is 0. The van der Waals surface area contributed by atoms with E-state index in [1.165, 1.54) is 5.56 Å². The summed E-state index contributed by atoms with van der Waals surface area (Å²) in [5.74, 6) is 0. The monoisotopic (exact) mass is 251 g/mol. The van der Waals surface area contributed by atoms with E-state index in [-0.39, 0.29) is 0 Å². The van der Waals surface area contributed by atoms with Crippen LogP contribution in [0, 0.1) is 6.92 Å². The molecule has 1 aromatic rings.